The first kappa shape index (κ1) is 10.0. The lowest BCUT2D eigenvalue weighted by Gasteiger charge is -2.22. The minimum absolute atomic E-state index is 0.305. The SMILES string of the molecule is CCOC(=O)c1cnn2c1NCC(C)C2. The summed E-state index contributed by atoms with van der Waals surface area (Å²) in [5.74, 6) is 1.01. The molecule has 0 saturated heterocycles. The molecule has 0 saturated carbocycles. The van der Waals surface area contributed by atoms with Gasteiger partial charge in [0, 0.05) is 13.1 Å². The van der Waals surface area contributed by atoms with Crippen molar-refractivity contribution in [2.24, 2.45) is 5.92 Å². The zero-order valence-electron chi connectivity index (χ0n) is 8.99. The maximum atomic E-state index is 11.5. The second-order valence-corrected chi connectivity index (χ2v) is 3.80. The Balaban J connectivity index is 2.24. The van der Waals surface area contributed by atoms with Gasteiger partial charge in [-0.3, -0.25) is 0 Å². The van der Waals surface area contributed by atoms with Gasteiger partial charge >= 0.3 is 5.97 Å². The first-order valence-electron chi connectivity index (χ1n) is 5.19. The molecule has 15 heavy (non-hydrogen) atoms. The Labute approximate surface area is 88.4 Å². The summed E-state index contributed by atoms with van der Waals surface area (Å²) >= 11 is 0. The number of anilines is 1. The monoisotopic (exact) mass is 209 g/mol. The van der Waals surface area contributed by atoms with Crippen molar-refractivity contribution in [1.82, 2.24) is 9.78 Å². The van der Waals surface area contributed by atoms with E-state index in [0.717, 1.165) is 18.9 Å². The lowest BCUT2D eigenvalue weighted by atomic mass is 10.1. The van der Waals surface area contributed by atoms with Crippen LogP contribution in [0, 0.1) is 5.92 Å². The van der Waals surface area contributed by atoms with E-state index < -0.39 is 0 Å². The molecule has 2 rings (SSSR count). The number of carbonyl (C=O) groups excluding carboxylic acids is 1. The number of esters is 1. The maximum absolute atomic E-state index is 11.5. The van der Waals surface area contributed by atoms with Crippen molar-refractivity contribution < 1.29 is 9.53 Å². The average Bonchev–Trinajstić information content (AvgIpc) is 2.60. The van der Waals surface area contributed by atoms with Gasteiger partial charge in [-0.05, 0) is 12.8 Å². The molecule has 1 aromatic heterocycles. The molecule has 0 fully saturated rings. The topological polar surface area (TPSA) is 56.1 Å². The second kappa shape index (κ2) is 3.92. The first-order chi connectivity index (χ1) is 7.22. The Bertz CT molecular complexity index is 373. The highest BCUT2D eigenvalue weighted by molar-refractivity contribution is 5.94. The van der Waals surface area contributed by atoms with Crippen molar-refractivity contribution in [3.63, 3.8) is 0 Å². The van der Waals surface area contributed by atoms with Gasteiger partial charge in [0.1, 0.15) is 11.4 Å². The van der Waals surface area contributed by atoms with Crippen molar-refractivity contribution in [2.45, 2.75) is 20.4 Å². The molecule has 5 nitrogen and oxygen atoms in total. The number of hydrogen-bond donors (Lipinski definition) is 1. The molecule has 0 aromatic carbocycles. The van der Waals surface area contributed by atoms with E-state index in [0.29, 0.717) is 18.1 Å². The van der Waals surface area contributed by atoms with E-state index in [9.17, 15) is 4.79 Å². The highest BCUT2D eigenvalue weighted by Crippen LogP contribution is 2.21. The molecular formula is C10H15N3O2. The van der Waals surface area contributed by atoms with Crippen LogP contribution in [-0.2, 0) is 11.3 Å². The summed E-state index contributed by atoms with van der Waals surface area (Å²) in [7, 11) is 0. The van der Waals surface area contributed by atoms with Crippen LogP contribution in [0.1, 0.15) is 24.2 Å². The molecule has 1 atom stereocenters. The standard InChI is InChI=1S/C10H15N3O2/c1-3-15-10(14)8-5-12-13-6-7(2)4-11-9(8)13/h5,7,11H,3-4,6H2,1-2H3. The quantitative estimate of drug-likeness (QED) is 0.742. The Kier molecular flexibility index (Phi) is 2.62. The first-order valence-corrected chi connectivity index (χ1v) is 5.19. The number of aromatic nitrogens is 2. The van der Waals surface area contributed by atoms with Crippen molar-refractivity contribution in [1.29, 1.82) is 0 Å². The third kappa shape index (κ3) is 1.82. The zero-order chi connectivity index (χ0) is 10.8. The summed E-state index contributed by atoms with van der Waals surface area (Å²) in [5, 5.41) is 7.36. The van der Waals surface area contributed by atoms with Gasteiger partial charge in [-0.15, -0.1) is 0 Å². The second-order valence-electron chi connectivity index (χ2n) is 3.80. The van der Waals surface area contributed by atoms with Crippen molar-refractivity contribution in [3.8, 4) is 0 Å². The highest BCUT2D eigenvalue weighted by atomic mass is 16.5. The normalized spacial score (nSPS) is 19.2. The molecule has 0 amide bonds. The van der Waals surface area contributed by atoms with Crippen molar-refractivity contribution >= 4 is 11.8 Å². The van der Waals surface area contributed by atoms with Gasteiger partial charge in [-0.1, -0.05) is 6.92 Å². The summed E-state index contributed by atoms with van der Waals surface area (Å²) in [6, 6.07) is 0. The van der Waals surface area contributed by atoms with Crippen LogP contribution < -0.4 is 5.32 Å². The van der Waals surface area contributed by atoms with E-state index in [1.54, 1.807) is 13.1 Å². The molecule has 1 N–H and O–H groups in total. The average molecular weight is 209 g/mol. The Hall–Kier alpha value is -1.52. The number of nitrogens with one attached hydrogen (secondary N) is 1. The van der Waals surface area contributed by atoms with Gasteiger partial charge in [0.15, 0.2) is 0 Å². The number of hydrogen-bond acceptors (Lipinski definition) is 4. The molecule has 0 bridgehead atoms. The molecule has 0 aliphatic carbocycles. The summed E-state index contributed by atoms with van der Waals surface area (Å²) in [6.45, 7) is 6.05. The molecule has 1 aliphatic heterocycles. The molecule has 5 heteroatoms. The molecule has 82 valence electrons. The predicted molar refractivity (Wildman–Crippen MR) is 55.8 cm³/mol. The van der Waals surface area contributed by atoms with Crippen LogP contribution in [0.4, 0.5) is 5.82 Å². The minimum Gasteiger partial charge on any atom is -0.462 e. The summed E-state index contributed by atoms with van der Waals surface area (Å²) in [6.07, 6.45) is 1.57. The Morgan fingerprint density at radius 3 is 3.33 bits per heavy atom. The van der Waals surface area contributed by atoms with Crippen molar-refractivity contribution in [3.05, 3.63) is 11.8 Å². The van der Waals surface area contributed by atoms with Crippen LogP contribution in [-0.4, -0.2) is 28.9 Å². The van der Waals surface area contributed by atoms with Crippen LogP contribution in [0.2, 0.25) is 0 Å². The van der Waals surface area contributed by atoms with Crippen LogP contribution >= 0.6 is 0 Å². The van der Waals surface area contributed by atoms with E-state index >= 15 is 0 Å². The van der Waals surface area contributed by atoms with Crippen LogP contribution in [0.3, 0.4) is 0 Å². The minimum atomic E-state index is -0.305. The van der Waals surface area contributed by atoms with Crippen molar-refractivity contribution in [2.75, 3.05) is 18.5 Å². The largest absolute Gasteiger partial charge is 0.462 e. The van der Waals surface area contributed by atoms with Gasteiger partial charge in [0.25, 0.3) is 0 Å². The van der Waals surface area contributed by atoms with E-state index in [4.69, 9.17) is 4.74 Å². The van der Waals surface area contributed by atoms with Gasteiger partial charge in [0.2, 0.25) is 0 Å². The fourth-order valence-electron chi connectivity index (χ4n) is 1.70. The lowest BCUT2D eigenvalue weighted by Crippen LogP contribution is -2.26. The number of ether oxygens (including phenoxy) is 1. The molecule has 0 radical (unpaired) electrons. The zero-order valence-corrected chi connectivity index (χ0v) is 8.99. The summed E-state index contributed by atoms with van der Waals surface area (Å²) in [4.78, 5) is 11.5. The van der Waals surface area contributed by atoms with Gasteiger partial charge in [-0.2, -0.15) is 5.10 Å². The smallest absolute Gasteiger partial charge is 0.343 e. The van der Waals surface area contributed by atoms with Crippen LogP contribution in [0.25, 0.3) is 0 Å². The Morgan fingerprint density at radius 2 is 2.60 bits per heavy atom. The van der Waals surface area contributed by atoms with Gasteiger partial charge < -0.3 is 10.1 Å². The number of rotatable bonds is 2. The molecule has 2 heterocycles. The highest BCUT2D eigenvalue weighted by Gasteiger charge is 2.22. The summed E-state index contributed by atoms with van der Waals surface area (Å²) < 4.78 is 6.77. The molecular weight excluding hydrogens is 194 g/mol. The fourth-order valence-corrected chi connectivity index (χ4v) is 1.70. The summed E-state index contributed by atoms with van der Waals surface area (Å²) in [5.41, 5.74) is 0.531. The number of fused-ring (bicyclic) bond motifs is 1. The van der Waals surface area contributed by atoms with E-state index in [1.807, 2.05) is 4.68 Å². The third-order valence-corrected chi connectivity index (χ3v) is 2.44. The fraction of sp³-hybridized carbons (Fsp3) is 0.600. The molecule has 0 spiro atoms. The van der Waals surface area contributed by atoms with E-state index in [-0.39, 0.29) is 5.97 Å². The number of nitrogens with zero attached hydrogens (tertiary/aromatic N) is 2. The molecule has 1 unspecified atom stereocenters. The maximum Gasteiger partial charge on any atom is 0.343 e. The van der Waals surface area contributed by atoms with Gasteiger partial charge in [0.05, 0.1) is 12.8 Å². The Morgan fingerprint density at radius 1 is 1.80 bits per heavy atom. The van der Waals surface area contributed by atoms with E-state index in [1.165, 1.54) is 0 Å². The van der Waals surface area contributed by atoms with Gasteiger partial charge in [-0.25, -0.2) is 9.48 Å². The number of carbonyl (C=O) groups is 1. The predicted octanol–water partition coefficient (Wildman–Crippen LogP) is 1.12. The van der Waals surface area contributed by atoms with Crippen LogP contribution in [0.15, 0.2) is 6.20 Å². The molecule has 1 aromatic rings. The van der Waals surface area contributed by atoms with Crippen LogP contribution in [0.5, 0.6) is 0 Å². The lowest BCUT2D eigenvalue weighted by molar-refractivity contribution is 0.0527. The molecule has 1 aliphatic rings. The third-order valence-electron chi connectivity index (χ3n) is 2.44. The van der Waals surface area contributed by atoms with E-state index in [2.05, 4.69) is 17.3 Å².